The Morgan fingerprint density at radius 1 is 1.38 bits per heavy atom. The van der Waals surface area contributed by atoms with Crippen molar-refractivity contribution in [2.75, 3.05) is 6.54 Å². The second-order valence-corrected chi connectivity index (χ2v) is 5.37. The maximum Gasteiger partial charge on any atom is 0.138 e. The van der Waals surface area contributed by atoms with Gasteiger partial charge in [0.1, 0.15) is 12.4 Å². The van der Waals surface area contributed by atoms with Gasteiger partial charge in [0.15, 0.2) is 0 Å². The minimum absolute atomic E-state index is 0.282. The molecule has 2 rings (SSSR count). The van der Waals surface area contributed by atoms with Crippen molar-refractivity contribution in [1.29, 1.82) is 0 Å². The number of benzene rings is 1. The van der Waals surface area contributed by atoms with Gasteiger partial charge in [0, 0.05) is 24.3 Å². The first-order valence-corrected chi connectivity index (χ1v) is 7.68. The molecule has 0 aliphatic carbocycles. The number of aryl methyl sites for hydroxylation is 1. The van der Waals surface area contributed by atoms with Gasteiger partial charge in [-0.15, -0.1) is 0 Å². The summed E-state index contributed by atoms with van der Waals surface area (Å²) in [6, 6.07) is 6.21. The smallest absolute Gasteiger partial charge is 0.138 e. The summed E-state index contributed by atoms with van der Waals surface area (Å²) < 4.78 is 7.65. The van der Waals surface area contributed by atoms with E-state index in [2.05, 4.69) is 31.2 Å². The van der Waals surface area contributed by atoms with Crippen LogP contribution in [-0.4, -0.2) is 16.3 Å². The summed E-state index contributed by atoms with van der Waals surface area (Å²) in [6.45, 7) is 8.53. The minimum Gasteiger partial charge on any atom is -0.487 e. The van der Waals surface area contributed by atoms with E-state index in [1.54, 1.807) is 0 Å². The lowest BCUT2D eigenvalue weighted by Gasteiger charge is -2.14. The van der Waals surface area contributed by atoms with E-state index < -0.39 is 0 Å². The second-order valence-electron chi connectivity index (χ2n) is 4.96. The third-order valence-corrected chi connectivity index (χ3v) is 3.67. The summed E-state index contributed by atoms with van der Waals surface area (Å²) in [5.74, 6) is 0.702. The van der Waals surface area contributed by atoms with E-state index in [4.69, 9.17) is 16.3 Å². The van der Waals surface area contributed by atoms with Crippen LogP contribution in [0.4, 0.5) is 0 Å². The molecular weight excluding hydrogens is 286 g/mol. The molecule has 1 heterocycles. The molecule has 0 aliphatic rings. The van der Waals surface area contributed by atoms with Crippen molar-refractivity contribution in [3.05, 3.63) is 46.7 Å². The van der Waals surface area contributed by atoms with Crippen LogP contribution in [0.2, 0.25) is 5.02 Å². The van der Waals surface area contributed by atoms with Crippen LogP contribution in [0.25, 0.3) is 0 Å². The number of hydrogen-bond acceptors (Lipinski definition) is 3. The Balaban J connectivity index is 2.00. The van der Waals surface area contributed by atoms with Crippen molar-refractivity contribution in [2.24, 2.45) is 0 Å². The molecule has 0 radical (unpaired) electrons. The molecule has 0 bridgehead atoms. The highest BCUT2D eigenvalue weighted by Crippen LogP contribution is 2.28. The van der Waals surface area contributed by atoms with Gasteiger partial charge in [0.2, 0.25) is 0 Å². The second kappa shape index (κ2) is 7.48. The van der Waals surface area contributed by atoms with Gasteiger partial charge < -0.3 is 10.1 Å². The SMILES string of the molecule is CCNC(C)c1ccc(OCc2cnn(CC)c2)c(Cl)c1. The van der Waals surface area contributed by atoms with Gasteiger partial charge in [-0.25, -0.2) is 0 Å². The van der Waals surface area contributed by atoms with Crippen LogP contribution in [0.1, 0.15) is 37.9 Å². The summed E-state index contributed by atoms with van der Waals surface area (Å²) >= 11 is 6.30. The molecule has 1 N–H and O–H groups in total. The molecule has 0 saturated carbocycles. The van der Waals surface area contributed by atoms with E-state index >= 15 is 0 Å². The Bertz CT molecular complexity index is 583. The van der Waals surface area contributed by atoms with Gasteiger partial charge in [-0.1, -0.05) is 24.6 Å². The number of hydrogen-bond donors (Lipinski definition) is 1. The van der Waals surface area contributed by atoms with E-state index in [1.807, 2.05) is 35.3 Å². The highest BCUT2D eigenvalue weighted by atomic mass is 35.5. The molecule has 1 atom stereocenters. The maximum atomic E-state index is 6.30. The quantitative estimate of drug-likeness (QED) is 0.845. The molecule has 0 spiro atoms. The van der Waals surface area contributed by atoms with Crippen LogP contribution in [0.3, 0.4) is 0 Å². The molecule has 114 valence electrons. The zero-order valence-electron chi connectivity index (χ0n) is 12.8. The third kappa shape index (κ3) is 4.22. The normalized spacial score (nSPS) is 12.4. The van der Waals surface area contributed by atoms with Gasteiger partial charge in [0.25, 0.3) is 0 Å². The molecule has 21 heavy (non-hydrogen) atoms. The van der Waals surface area contributed by atoms with E-state index in [0.717, 1.165) is 24.2 Å². The zero-order valence-corrected chi connectivity index (χ0v) is 13.5. The predicted molar refractivity (Wildman–Crippen MR) is 85.8 cm³/mol. The molecule has 0 amide bonds. The standard InChI is InChI=1S/C16H22ClN3O/c1-4-18-12(3)14-6-7-16(15(17)8-14)21-11-13-9-19-20(5-2)10-13/h6-10,12,18H,4-5,11H2,1-3H3. The molecule has 2 aromatic rings. The average Bonchev–Trinajstić information content (AvgIpc) is 2.94. The monoisotopic (exact) mass is 307 g/mol. The Labute approximate surface area is 131 Å². The molecule has 4 nitrogen and oxygen atoms in total. The highest BCUT2D eigenvalue weighted by Gasteiger charge is 2.08. The summed E-state index contributed by atoms with van der Waals surface area (Å²) in [5.41, 5.74) is 2.20. The lowest BCUT2D eigenvalue weighted by Crippen LogP contribution is -2.17. The number of aromatic nitrogens is 2. The lowest BCUT2D eigenvalue weighted by atomic mass is 10.1. The number of halogens is 1. The van der Waals surface area contributed by atoms with Gasteiger partial charge in [-0.3, -0.25) is 4.68 Å². The lowest BCUT2D eigenvalue weighted by molar-refractivity contribution is 0.306. The van der Waals surface area contributed by atoms with Crippen molar-refractivity contribution in [3.8, 4) is 5.75 Å². The van der Waals surface area contributed by atoms with Gasteiger partial charge in [-0.2, -0.15) is 5.10 Å². The highest BCUT2D eigenvalue weighted by molar-refractivity contribution is 6.32. The molecule has 5 heteroatoms. The first-order valence-electron chi connectivity index (χ1n) is 7.31. The van der Waals surface area contributed by atoms with E-state index in [9.17, 15) is 0 Å². The van der Waals surface area contributed by atoms with Crippen LogP contribution in [0.5, 0.6) is 5.75 Å². The molecule has 1 unspecified atom stereocenters. The summed E-state index contributed by atoms with van der Waals surface area (Å²) in [5, 5.41) is 8.23. The van der Waals surface area contributed by atoms with E-state index in [1.165, 1.54) is 0 Å². The maximum absolute atomic E-state index is 6.30. The van der Waals surface area contributed by atoms with Crippen molar-refractivity contribution < 1.29 is 4.74 Å². The summed E-state index contributed by atoms with van der Waals surface area (Å²) in [7, 11) is 0. The zero-order chi connectivity index (χ0) is 15.2. The Morgan fingerprint density at radius 2 is 2.19 bits per heavy atom. The topological polar surface area (TPSA) is 39.1 Å². The van der Waals surface area contributed by atoms with Crippen molar-refractivity contribution in [3.63, 3.8) is 0 Å². The molecular formula is C16H22ClN3O. The van der Waals surface area contributed by atoms with Gasteiger partial charge in [-0.05, 0) is 38.1 Å². The van der Waals surface area contributed by atoms with Crippen LogP contribution in [0, 0.1) is 0 Å². The van der Waals surface area contributed by atoms with Crippen LogP contribution in [0.15, 0.2) is 30.6 Å². The average molecular weight is 308 g/mol. The number of nitrogens with one attached hydrogen (secondary N) is 1. The summed E-state index contributed by atoms with van der Waals surface area (Å²) in [6.07, 6.45) is 3.80. The van der Waals surface area contributed by atoms with Crippen LogP contribution in [-0.2, 0) is 13.2 Å². The van der Waals surface area contributed by atoms with Gasteiger partial charge >= 0.3 is 0 Å². The van der Waals surface area contributed by atoms with Crippen molar-refractivity contribution >= 4 is 11.6 Å². The fraction of sp³-hybridized carbons (Fsp3) is 0.438. The third-order valence-electron chi connectivity index (χ3n) is 3.37. The molecule has 1 aromatic carbocycles. The Morgan fingerprint density at radius 3 is 2.81 bits per heavy atom. The predicted octanol–water partition coefficient (Wildman–Crippen LogP) is 3.81. The Hall–Kier alpha value is -1.52. The van der Waals surface area contributed by atoms with Crippen molar-refractivity contribution in [1.82, 2.24) is 15.1 Å². The number of ether oxygens (including phenoxy) is 1. The number of nitrogens with zero attached hydrogens (tertiary/aromatic N) is 2. The molecule has 1 aromatic heterocycles. The molecule has 0 aliphatic heterocycles. The first kappa shape index (κ1) is 15.9. The van der Waals surface area contributed by atoms with E-state index in [0.29, 0.717) is 17.4 Å². The molecule has 0 fully saturated rings. The van der Waals surface area contributed by atoms with Crippen LogP contribution >= 0.6 is 11.6 Å². The fourth-order valence-electron chi connectivity index (χ4n) is 2.14. The van der Waals surface area contributed by atoms with Gasteiger partial charge in [0.05, 0.1) is 11.2 Å². The summed E-state index contributed by atoms with van der Waals surface area (Å²) in [4.78, 5) is 0. The minimum atomic E-state index is 0.282. The molecule has 0 saturated heterocycles. The number of rotatable bonds is 7. The first-order chi connectivity index (χ1) is 10.1. The fourth-order valence-corrected chi connectivity index (χ4v) is 2.39. The largest absolute Gasteiger partial charge is 0.487 e. The van der Waals surface area contributed by atoms with Crippen LogP contribution < -0.4 is 10.1 Å². The Kier molecular flexibility index (Phi) is 5.65. The van der Waals surface area contributed by atoms with Crippen molar-refractivity contribution in [2.45, 2.75) is 40.0 Å². The van der Waals surface area contributed by atoms with E-state index in [-0.39, 0.29) is 6.04 Å².